The molecule has 0 fully saturated rings. The summed E-state index contributed by atoms with van der Waals surface area (Å²) in [7, 11) is 2.03. The van der Waals surface area contributed by atoms with Gasteiger partial charge in [-0.15, -0.1) is 11.3 Å². The van der Waals surface area contributed by atoms with E-state index in [0.717, 1.165) is 16.6 Å². The van der Waals surface area contributed by atoms with Gasteiger partial charge < -0.3 is 10.6 Å². The predicted molar refractivity (Wildman–Crippen MR) is 53.7 cm³/mol. The molecule has 68 valence electrons. The zero-order valence-electron chi connectivity index (χ0n) is 7.74. The minimum Gasteiger partial charge on any atom is -0.351 e. The van der Waals surface area contributed by atoms with Crippen LogP contribution < -0.4 is 10.6 Å². The number of hydrogen-bond acceptors (Lipinski definition) is 4. The Morgan fingerprint density at radius 1 is 1.75 bits per heavy atom. The van der Waals surface area contributed by atoms with Gasteiger partial charge in [-0.05, 0) is 13.8 Å². The number of anilines is 1. The van der Waals surface area contributed by atoms with E-state index in [9.17, 15) is 0 Å². The molecule has 0 aliphatic carbocycles. The van der Waals surface area contributed by atoms with Gasteiger partial charge in [0.2, 0.25) is 0 Å². The van der Waals surface area contributed by atoms with Gasteiger partial charge in [-0.2, -0.15) is 0 Å². The van der Waals surface area contributed by atoms with Gasteiger partial charge in [0.1, 0.15) is 0 Å². The van der Waals surface area contributed by atoms with E-state index in [-0.39, 0.29) is 6.04 Å². The maximum Gasteiger partial charge on any atom is 0.185 e. The van der Waals surface area contributed by atoms with Crippen molar-refractivity contribution >= 4 is 16.5 Å². The minimum absolute atomic E-state index is 0.0986. The van der Waals surface area contributed by atoms with E-state index >= 15 is 0 Å². The molecule has 12 heavy (non-hydrogen) atoms. The zero-order valence-corrected chi connectivity index (χ0v) is 8.56. The number of nitrogens with zero attached hydrogens (tertiary/aromatic N) is 2. The second-order valence-electron chi connectivity index (χ2n) is 2.85. The fourth-order valence-electron chi connectivity index (χ4n) is 0.799. The van der Waals surface area contributed by atoms with Crippen molar-refractivity contribution in [3.8, 4) is 0 Å². The highest BCUT2D eigenvalue weighted by Crippen LogP contribution is 2.24. The lowest BCUT2D eigenvalue weighted by molar-refractivity contribution is 0.835. The lowest BCUT2D eigenvalue weighted by Crippen LogP contribution is -2.14. The zero-order chi connectivity index (χ0) is 9.14. The van der Waals surface area contributed by atoms with Crippen LogP contribution in [0, 0.1) is 0 Å². The number of nitrogens with two attached hydrogens (primary N) is 1. The molecule has 4 heteroatoms. The molecule has 0 amide bonds. The molecule has 0 bridgehead atoms. The Morgan fingerprint density at radius 3 is 2.83 bits per heavy atom. The van der Waals surface area contributed by atoms with Crippen molar-refractivity contribution in [1.29, 1.82) is 0 Å². The third kappa shape index (κ3) is 1.95. The summed E-state index contributed by atoms with van der Waals surface area (Å²) in [6.45, 7) is 5.06. The maximum absolute atomic E-state index is 5.72. The monoisotopic (exact) mass is 185 g/mol. The number of rotatable bonds is 3. The van der Waals surface area contributed by atoms with Crippen LogP contribution in [0.15, 0.2) is 6.20 Å². The summed E-state index contributed by atoms with van der Waals surface area (Å²) in [4.78, 5) is 7.52. The summed E-state index contributed by atoms with van der Waals surface area (Å²) in [6, 6.07) is 0.0986. The highest BCUT2D eigenvalue weighted by molar-refractivity contribution is 7.15. The molecular formula is C8H15N3S. The van der Waals surface area contributed by atoms with Gasteiger partial charge in [0.15, 0.2) is 5.13 Å². The van der Waals surface area contributed by atoms with E-state index in [0.29, 0.717) is 0 Å². The van der Waals surface area contributed by atoms with Crippen LogP contribution in [0.1, 0.15) is 24.8 Å². The first-order chi connectivity index (χ1) is 5.65. The molecular weight excluding hydrogens is 170 g/mol. The SMILES string of the molecule is CCN(C)c1ncc(C(C)N)s1. The van der Waals surface area contributed by atoms with Gasteiger partial charge in [-0.1, -0.05) is 0 Å². The topological polar surface area (TPSA) is 42.2 Å². The molecule has 0 spiro atoms. The Kier molecular flexibility index (Phi) is 3.05. The van der Waals surface area contributed by atoms with E-state index in [1.165, 1.54) is 0 Å². The standard InChI is InChI=1S/C8H15N3S/c1-4-11(3)8-10-5-7(12-8)6(2)9/h5-6H,4,9H2,1-3H3. The summed E-state index contributed by atoms with van der Waals surface area (Å²) in [5, 5.41) is 1.05. The van der Waals surface area contributed by atoms with Crippen LogP contribution in [-0.4, -0.2) is 18.6 Å². The van der Waals surface area contributed by atoms with Crippen LogP contribution in [0.4, 0.5) is 5.13 Å². The van der Waals surface area contributed by atoms with Gasteiger partial charge in [-0.25, -0.2) is 4.98 Å². The molecule has 0 aliphatic rings. The molecule has 1 atom stereocenters. The van der Waals surface area contributed by atoms with Crippen molar-refractivity contribution in [3.05, 3.63) is 11.1 Å². The van der Waals surface area contributed by atoms with Crippen molar-refractivity contribution in [3.63, 3.8) is 0 Å². The summed E-state index contributed by atoms with van der Waals surface area (Å²) in [6.07, 6.45) is 1.86. The van der Waals surface area contributed by atoms with Crippen molar-refractivity contribution < 1.29 is 0 Å². The minimum atomic E-state index is 0.0986. The largest absolute Gasteiger partial charge is 0.351 e. The summed E-state index contributed by atoms with van der Waals surface area (Å²) in [5.41, 5.74) is 5.72. The Morgan fingerprint density at radius 2 is 2.42 bits per heavy atom. The second-order valence-corrected chi connectivity index (χ2v) is 3.89. The van der Waals surface area contributed by atoms with Gasteiger partial charge >= 0.3 is 0 Å². The third-order valence-electron chi connectivity index (χ3n) is 1.76. The Labute approximate surface area is 77.2 Å². The molecule has 0 saturated heterocycles. The van der Waals surface area contributed by atoms with E-state index in [1.54, 1.807) is 11.3 Å². The molecule has 3 nitrogen and oxygen atoms in total. The van der Waals surface area contributed by atoms with Crippen LogP contribution >= 0.6 is 11.3 Å². The predicted octanol–water partition coefficient (Wildman–Crippen LogP) is 1.62. The van der Waals surface area contributed by atoms with Gasteiger partial charge in [0.05, 0.1) is 0 Å². The Hall–Kier alpha value is -0.610. The highest BCUT2D eigenvalue weighted by atomic mass is 32.1. The van der Waals surface area contributed by atoms with Crippen molar-refractivity contribution in [2.75, 3.05) is 18.5 Å². The van der Waals surface area contributed by atoms with Crippen LogP contribution in [-0.2, 0) is 0 Å². The summed E-state index contributed by atoms with van der Waals surface area (Å²) >= 11 is 1.66. The molecule has 1 aromatic heterocycles. The molecule has 1 unspecified atom stereocenters. The number of hydrogen-bond donors (Lipinski definition) is 1. The van der Waals surface area contributed by atoms with Crippen molar-refractivity contribution in [1.82, 2.24) is 4.98 Å². The first-order valence-electron chi connectivity index (χ1n) is 4.07. The molecule has 2 N–H and O–H groups in total. The molecule has 1 aromatic rings. The van der Waals surface area contributed by atoms with E-state index < -0.39 is 0 Å². The Bertz CT molecular complexity index is 244. The first-order valence-corrected chi connectivity index (χ1v) is 4.89. The fourth-order valence-corrected chi connectivity index (χ4v) is 1.69. The molecule has 0 aromatic carbocycles. The van der Waals surface area contributed by atoms with E-state index in [4.69, 9.17) is 5.73 Å². The lowest BCUT2D eigenvalue weighted by atomic mass is 10.3. The fraction of sp³-hybridized carbons (Fsp3) is 0.625. The van der Waals surface area contributed by atoms with Crippen LogP contribution in [0.3, 0.4) is 0 Å². The molecule has 1 rings (SSSR count). The van der Waals surface area contributed by atoms with Crippen LogP contribution in [0.5, 0.6) is 0 Å². The number of thiazole rings is 1. The quantitative estimate of drug-likeness (QED) is 0.778. The first kappa shape index (κ1) is 9.48. The maximum atomic E-state index is 5.72. The lowest BCUT2D eigenvalue weighted by Gasteiger charge is -2.11. The average Bonchev–Trinajstić information content (AvgIpc) is 2.51. The van der Waals surface area contributed by atoms with Gasteiger partial charge in [0.25, 0.3) is 0 Å². The normalized spacial score (nSPS) is 13.0. The second kappa shape index (κ2) is 3.87. The van der Waals surface area contributed by atoms with Gasteiger partial charge in [0, 0.05) is 30.7 Å². The molecule has 0 radical (unpaired) electrons. The molecule has 0 saturated carbocycles. The highest BCUT2D eigenvalue weighted by Gasteiger charge is 2.07. The van der Waals surface area contributed by atoms with E-state index in [1.807, 2.05) is 20.2 Å². The van der Waals surface area contributed by atoms with Crippen molar-refractivity contribution in [2.45, 2.75) is 19.9 Å². The number of aromatic nitrogens is 1. The van der Waals surface area contributed by atoms with Crippen LogP contribution in [0.2, 0.25) is 0 Å². The summed E-state index contributed by atoms with van der Waals surface area (Å²) < 4.78 is 0. The molecule has 1 heterocycles. The van der Waals surface area contributed by atoms with Crippen LogP contribution in [0.25, 0.3) is 0 Å². The third-order valence-corrected chi connectivity index (χ3v) is 3.07. The summed E-state index contributed by atoms with van der Waals surface area (Å²) in [5.74, 6) is 0. The average molecular weight is 185 g/mol. The van der Waals surface area contributed by atoms with E-state index in [2.05, 4.69) is 16.8 Å². The van der Waals surface area contributed by atoms with Crippen molar-refractivity contribution in [2.24, 2.45) is 5.73 Å². The van der Waals surface area contributed by atoms with Gasteiger partial charge in [-0.3, -0.25) is 0 Å². The smallest absolute Gasteiger partial charge is 0.185 e. The molecule has 0 aliphatic heterocycles. The Balaban J connectivity index is 2.77.